The van der Waals surface area contributed by atoms with Crippen LogP contribution < -0.4 is 0 Å². The maximum absolute atomic E-state index is 5.05. The van der Waals surface area contributed by atoms with Crippen LogP contribution in [0.15, 0.2) is 84.9 Å². The number of aromatic nitrogens is 2. The second-order valence-corrected chi connectivity index (χ2v) is 26.2. The van der Waals surface area contributed by atoms with Crippen LogP contribution in [0.2, 0.25) is 0 Å². The Hall–Kier alpha value is -3.72. The predicted molar refractivity (Wildman–Crippen MR) is 323 cm³/mol. The number of hydrogen-bond donors (Lipinski definition) is 0. The molecule has 1 aliphatic rings. The number of hydrogen-bond acceptors (Lipinski definition) is 7. The first-order chi connectivity index (χ1) is 35.3. The van der Waals surface area contributed by atoms with E-state index in [9.17, 15) is 0 Å². The molecule has 2 nitrogen and oxygen atoms in total. The van der Waals surface area contributed by atoms with E-state index >= 15 is 0 Å². The Balaban J connectivity index is 1.03. The highest BCUT2D eigenvalue weighted by molar-refractivity contribution is 7.25. The Kier molecular flexibility index (Phi) is 18.9. The Morgan fingerprint density at radius 2 is 0.861 bits per heavy atom. The number of rotatable bonds is 29. The van der Waals surface area contributed by atoms with Crippen molar-refractivity contribution in [3.8, 4) is 62.0 Å². The molecule has 0 N–H and O–H groups in total. The van der Waals surface area contributed by atoms with Gasteiger partial charge in [-0.05, 0) is 134 Å². The molecule has 3 aromatic carbocycles. The van der Waals surface area contributed by atoms with Crippen LogP contribution in [0.3, 0.4) is 0 Å². The minimum atomic E-state index is 0.108. The van der Waals surface area contributed by atoms with Gasteiger partial charge in [0.15, 0.2) is 0 Å². The van der Waals surface area contributed by atoms with Crippen LogP contribution >= 0.6 is 57.1 Å². The third-order valence-electron chi connectivity index (χ3n) is 15.7. The summed E-state index contributed by atoms with van der Waals surface area (Å²) < 4.78 is 10.1. The molecule has 0 aliphatic heterocycles. The summed E-state index contributed by atoms with van der Waals surface area (Å²) in [5.41, 5.74) is 16.5. The predicted octanol–water partition coefficient (Wildman–Crippen LogP) is 22.9. The lowest BCUT2D eigenvalue weighted by molar-refractivity contribution is 0.398. The van der Waals surface area contributed by atoms with Gasteiger partial charge in [0.1, 0.15) is 11.0 Å². The maximum atomic E-state index is 5.05. The van der Waals surface area contributed by atoms with E-state index in [1.165, 1.54) is 237 Å². The number of fused-ring (bicyclic) bond motifs is 4. The molecule has 0 saturated heterocycles. The van der Waals surface area contributed by atoms with Crippen LogP contribution in [0.4, 0.5) is 0 Å². The van der Waals surface area contributed by atoms with Crippen LogP contribution in [0.1, 0.15) is 202 Å². The van der Waals surface area contributed by atoms with Crippen molar-refractivity contribution in [3.63, 3.8) is 0 Å². The molecule has 0 bridgehead atoms. The lowest BCUT2D eigenvalue weighted by Crippen LogP contribution is -2.25. The van der Waals surface area contributed by atoms with Gasteiger partial charge in [-0.3, -0.25) is 0 Å². The van der Waals surface area contributed by atoms with Crippen LogP contribution in [0, 0.1) is 13.8 Å². The quantitative estimate of drug-likeness (QED) is 0.0437. The smallest absolute Gasteiger partial charge is 0.114 e. The molecule has 0 fully saturated rings. The summed E-state index contributed by atoms with van der Waals surface area (Å²) in [7, 11) is 0. The fraction of sp³-hybridized carbons (Fsp3) is 0.477. The van der Waals surface area contributed by atoms with Crippen LogP contribution in [0.5, 0.6) is 0 Å². The number of benzene rings is 3. The average molecular weight is 1050 g/mol. The second-order valence-electron chi connectivity index (χ2n) is 21.2. The van der Waals surface area contributed by atoms with E-state index in [4.69, 9.17) is 8.75 Å². The van der Waals surface area contributed by atoms with Crippen molar-refractivity contribution < 1.29 is 0 Å². The van der Waals surface area contributed by atoms with Crippen molar-refractivity contribution in [1.82, 2.24) is 8.75 Å². The van der Waals surface area contributed by atoms with E-state index in [-0.39, 0.29) is 5.41 Å². The normalized spacial score (nSPS) is 12.9. The number of unbranched alkanes of at least 4 members (excludes halogenated alkanes) is 16. The van der Waals surface area contributed by atoms with Crippen molar-refractivity contribution in [1.29, 1.82) is 0 Å². The Bertz CT molecular complexity index is 2970. The van der Waals surface area contributed by atoms with E-state index in [1.807, 2.05) is 45.3 Å². The first-order valence-electron chi connectivity index (χ1n) is 28.3. The summed E-state index contributed by atoms with van der Waals surface area (Å²) >= 11 is 9.18. The average Bonchev–Trinajstić information content (AvgIpc) is 4.27. The molecule has 0 amide bonds. The van der Waals surface area contributed by atoms with Crippen molar-refractivity contribution in [3.05, 3.63) is 118 Å². The topological polar surface area (TPSA) is 25.8 Å². The molecule has 0 radical (unpaired) electrons. The largest absolute Gasteiger partial charge is 0.172 e. The number of thiophene rings is 4. The van der Waals surface area contributed by atoms with E-state index < -0.39 is 0 Å². The fourth-order valence-electron chi connectivity index (χ4n) is 11.7. The zero-order chi connectivity index (χ0) is 49.9. The van der Waals surface area contributed by atoms with Crippen molar-refractivity contribution >= 4 is 68.1 Å². The summed E-state index contributed by atoms with van der Waals surface area (Å²) in [6, 6.07) is 34.2. The van der Waals surface area contributed by atoms with Gasteiger partial charge in [-0.25, -0.2) is 0 Å². The number of nitrogens with zero attached hydrogens (tertiary/aromatic N) is 2. The van der Waals surface area contributed by atoms with Gasteiger partial charge in [0.2, 0.25) is 0 Å². The molecule has 0 atom stereocenters. The minimum absolute atomic E-state index is 0.108. The van der Waals surface area contributed by atoms with E-state index in [1.54, 1.807) is 11.1 Å². The van der Waals surface area contributed by atoms with Gasteiger partial charge in [-0.2, -0.15) is 8.75 Å². The van der Waals surface area contributed by atoms with Crippen LogP contribution in [-0.4, -0.2) is 8.75 Å². The SMILES string of the molecule is CCCCCCCCC1(CCCCCCCC)c2ccc(C)cc2-c2cc(-c3ccc(-c4sc(-c5ccc(-c6cc(CCCCCC)c(-c7ccc(C)s7)s6)c6nsnc56)cc4CCCCCC)s3)ccc21. The van der Waals surface area contributed by atoms with Gasteiger partial charge >= 0.3 is 0 Å². The molecule has 5 heterocycles. The molecule has 380 valence electrons. The van der Waals surface area contributed by atoms with Gasteiger partial charge in [0, 0.05) is 55.6 Å². The Labute approximate surface area is 454 Å². The first-order valence-corrected chi connectivity index (χ1v) is 32.3. The molecule has 9 rings (SSSR count). The van der Waals surface area contributed by atoms with Gasteiger partial charge in [0.25, 0.3) is 0 Å². The Morgan fingerprint density at radius 3 is 1.40 bits per heavy atom. The van der Waals surface area contributed by atoms with E-state index in [0.717, 1.165) is 23.9 Å². The molecule has 0 saturated carbocycles. The van der Waals surface area contributed by atoms with Crippen LogP contribution in [0.25, 0.3) is 73.0 Å². The van der Waals surface area contributed by atoms with Gasteiger partial charge in [0.05, 0.1) is 11.7 Å². The Morgan fingerprint density at radius 1 is 0.389 bits per heavy atom. The highest BCUT2D eigenvalue weighted by atomic mass is 32.1. The number of aryl methyl sites for hydroxylation is 4. The zero-order valence-electron chi connectivity index (χ0n) is 44.5. The highest BCUT2D eigenvalue weighted by Crippen LogP contribution is 2.56. The third-order valence-corrected chi connectivity index (χ3v) is 21.1. The monoisotopic (exact) mass is 1050 g/mol. The van der Waals surface area contributed by atoms with Gasteiger partial charge in [-0.1, -0.05) is 191 Å². The van der Waals surface area contributed by atoms with Crippen molar-refractivity contribution in [2.75, 3.05) is 0 Å². The summed E-state index contributed by atoms with van der Waals surface area (Å²) in [6.07, 6.45) is 31.0. The minimum Gasteiger partial charge on any atom is -0.172 e. The fourth-order valence-corrected chi connectivity index (χ4v) is 16.9. The molecular formula is C65H80N2S5. The lowest BCUT2D eigenvalue weighted by Gasteiger charge is -2.33. The first kappa shape index (κ1) is 53.1. The molecule has 1 aliphatic carbocycles. The van der Waals surface area contributed by atoms with Crippen molar-refractivity contribution in [2.45, 2.75) is 201 Å². The molecule has 72 heavy (non-hydrogen) atoms. The third kappa shape index (κ3) is 12.0. The summed E-state index contributed by atoms with van der Waals surface area (Å²) in [5.74, 6) is 0. The van der Waals surface area contributed by atoms with Gasteiger partial charge in [-0.15, -0.1) is 45.3 Å². The molecule has 5 aromatic heterocycles. The molecule has 8 aromatic rings. The zero-order valence-corrected chi connectivity index (χ0v) is 48.6. The standard InChI is InChI=1S/C65H80N2S5/c1-7-11-15-19-21-25-39-65(40-26-22-20-16-12-8-2)54-34-29-45(5)41-52(54)53-42-47(31-35-55(53)65)56-37-38-58(69-56)64-49(28-24-18-14-10-4)44-60(71-64)51-33-32-50(61-62(51)67-72-66-61)59-43-48(27-23-17-13-9-3)63(70-59)57-36-30-46(6)68-57/h29-38,41-44H,7-28,39-40H2,1-6H3. The highest BCUT2D eigenvalue weighted by Gasteiger charge is 2.42. The molecular weight excluding hydrogens is 969 g/mol. The second kappa shape index (κ2) is 25.7. The molecule has 0 unspecified atom stereocenters. The van der Waals surface area contributed by atoms with Gasteiger partial charge < -0.3 is 0 Å². The van der Waals surface area contributed by atoms with Crippen molar-refractivity contribution in [2.24, 2.45) is 0 Å². The van der Waals surface area contributed by atoms with E-state index in [0.29, 0.717) is 0 Å². The maximum Gasteiger partial charge on any atom is 0.114 e. The van der Waals surface area contributed by atoms with E-state index in [2.05, 4.69) is 126 Å². The van der Waals surface area contributed by atoms with Crippen LogP contribution in [-0.2, 0) is 18.3 Å². The summed E-state index contributed by atoms with van der Waals surface area (Å²) in [4.78, 5) is 11.0. The lowest BCUT2D eigenvalue weighted by atomic mass is 9.70. The summed E-state index contributed by atoms with van der Waals surface area (Å²) in [5, 5.41) is 0. The summed E-state index contributed by atoms with van der Waals surface area (Å²) in [6.45, 7) is 13.8. The molecule has 0 spiro atoms. The molecule has 7 heteroatoms.